The maximum Gasteiger partial charge on any atom is 0.363 e. The lowest BCUT2D eigenvalue weighted by Gasteiger charge is -2.23. The molecule has 1 amide bonds. The van der Waals surface area contributed by atoms with Crippen molar-refractivity contribution >= 4 is 11.9 Å². The number of methoxy groups -OCH3 is 1. The number of para-hydroxylation sites is 1. The summed E-state index contributed by atoms with van der Waals surface area (Å²) in [5.74, 6) is -0.526. The van der Waals surface area contributed by atoms with E-state index in [9.17, 15) is 9.59 Å². The number of hydrogen-bond acceptors (Lipinski definition) is 5. The molecule has 0 bridgehead atoms. The second-order valence-corrected chi connectivity index (χ2v) is 6.61. The predicted molar refractivity (Wildman–Crippen MR) is 100 cm³/mol. The summed E-state index contributed by atoms with van der Waals surface area (Å²) in [4.78, 5) is 27.0. The molecule has 1 atom stereocenters. The standard InChI is InChI=1S/C20H25N3O4/c1-15(19(24)22-12-8-3-4-9-13-22)27-20(25)18-17(26-2)14-23(21-18)16-10-6-5-7-11-16/h5-7,10-11,14-15H,3-4,8-9,12-13H2,1-2H3/t15-/m1/s1. The van der Waals surface area contributed by atoms with Gasteiger partial charge < -0.3 is 14.4 Å². The van der Waals surface area contributed by atoms with Gasteiger partial charge in [-0.1, -0.05) is 31.0 Å². The first-order valence-electron chi connectivity index (χ1n) is 9.29. The fraction of sp³-hybridized carbons (Fsp3) is 0.450. The molecule has 144 valence electrons. The van der Waals surface area contributed by atoms with E-state index in [2.05, 4.69) is 5.10 Å². The Morgan fingerprint density at radius 3 is 2.37 bits per heavy atom. The number of carbonyl (C=O) groups excluding carboxylic acids is 2. The maximum absolute atomic E-state index is 12.6. The molecule has 1 saturated heterocycles. The molecule has 1 aliphatic heterocycles. The van der Waals surface area contributed by atoms with Crippen LogP contribution in [0.5, 0.6) is 5.75 Å². The number of aromatic nitrogens is 2. The molecule has 27 heavy (non-hydrogen) atoms. The van der Waals surface area contributed by atoms with Crippen molar-refractivity contribution in [3.63, 3.8) is 0 Å². The molecular weight excluding hydrogens is 346 g/mol. The van der Waals surface area contributed by atoms with Crippen LogP contribution < -0.4 is 4.74 Å². The van der Waals surface area contributed by atoms with Gasteiger partial charge in [-0.25, -0.2) is 9.48 Å². The number of ether oxygens (including phenoxy) is 2. The third-order valence-electron chi connectivity index (χ3n) is 4.66. The zero-order chi connectivity index (χ0) is 19.2. The molecule has 0 unspecified atom stereocenters. The fourth-order valence-corrected chi connectivity index (χ4v) is 3.18. The van der Waals surface area contributed by atoms with Gasteiger partial charge in [0.25, 0.3) is 5.91 Å². The van der Waals surface area contributed by atoms with Gasteiger partial charge in [-0.05, 0) is 31.9 Å². The minimum absolute atomic E-state index is 0.0527. The van der Waals surface area contributed by atoms with Crippen molar-refractivity contribution in [1.29, 1.82) is 0 Å². The molecule has 1 aromatic carbocycles. The Morgan fingerprint density at radius 1 is 1.07 bits per heavy atom. The van der Waals surface area contributed by atoms with Gasteiger partial charge in [0.2, 0.25) is 5.69 Å². The Hall–Kier alpha value is -2.83. The highest BCUT2D eigenvalue weighted by atomic mass is 16.6. The number of hydrogen-bond donors (Lipinski definition) is 0. The van der Waals surface area contributed by atoms with E-state index < -0.39 is 12.1 Å². The van der Waals surface area contributed by atoms with Crippen molar-refractivity contribution in [1.82, 2.24) is 14.7 Å². The average molecular weight is 371 g/mol. The largest absolute Gasteiger partial charge is 0.493 e. The minimum Gasteiger partial charge on any atom is -0.493 e. The van der Waals surface area contributed by atoms with Crippen LogP contribution in [0.2, 0.25) is 0 Å². The van der Waals surface area contributed by atoms with Crippen molar-refractivity contribution in [3.8, 4) is 11.4 Å². The highest BCUT2D eigenvalue weighted by Gasteiger charge is 2.27. The van der Waals surface area contributed by atoms with Crippen molar-refractivity contribution in [3.05, 3.63) is 42.2 Å². The van der Waals surface area contributed by atoms with E-state index in [1.807, 2.05) is 30.3 Å². The summed E-state index contributed by atoms with van der Waals surface area (Å²) in [6.07, 6.45) is 5.00. The summed E-state index contributed by atoms with van der Waals surface area (Å²) >= 11 is 0. The third kappa shape index (κ3) is 4.48. The second-order valence-electron chi connectivity index (χ2n) is 6.61. The minimum atomic E-state index is -0.859. The van der Waals surface area contributed by atoms with Gasteiger partial charge in [0.15, 0.2) is 11.9 Å². The first kappa shape index (κ1) is 18.9. The number of esters is 1. The zero-order valence-corrected chi connectivity index (χ0v) is 15.8. The summed E-state index contributed by atoms with van der Waals surface area (Å²) in [5.41, 5.74) is 0.848. The molecule has 1 fully saturated rings. The molecule has 3 rings (SSSR count). The lowest BCUT2D eigenvalue weighted by Crippen LogP contribution is -2.40. The topological polar surface area (TPSA) is 73.7 Å². The van der Waals surface area contributed by atoms with E-state index in [0.29, 0.717) is 18.8 Å². The van der Waals surface area contributed by atoms with Gasteiger partial charge in [0, 0.05) is 13.1 Å². The van der Waals surface area contributed by atoms with E-state index in [1.54, 1.807) is 22.7 Å². The van der Waals surface area contributed by atoms with Gasteiger partial charge in [0.1, 0.15) is 0 Å². The number of benzene rings is 1. The molecular formula is C20H25N3O4. The van der Waals surface area contributed by atoms with E-state index >= 15 is 0 Å². The normalized spacial score (nSPS) is 15.7. The lowest BCUT2D eigenvalue weighted by atomic mass is 10.2. The van der Waals surface area contributed by atoms with Crippen molar-refractivity contribution in [2.75, 3.05) is 20.2 Å². The van der Waals surface area contributed by atoms with Crippen LogP contribution >= 0.6 is 0 Å². The Balaban J connectivity index is 1.71. The van der Waals surface area contributed by atoms with Crippen LogP contribution in [-0.4, -0.2) is 52.9 Å². The molecule has 2 aromatic rings. The van der Waals surface area contributed by atoms with Crippen LogP contribution in [0.15, 0.2) is 36.5 Å². The van der Waals surface area contributed by atoms with Gasteiger partial charge in [-0.3, -0.25) is 4.79 Å². The van der Waals surface area contributed by atoms with Crippen LogP contribution in [0.1, 0.15) is 43.1 Å². The zero-order valence-electron chi connectivity index (χ0n) is 15.8. The molecule has 0 spiro atoms. The van der Waals surface area contributed by atoms with Crippen LogP contribution in [0, 0.1) is 0 Å². The number of rotatable bonds is 5. The smallest absolute Gasteiger partial charge is 0.363 e. The number of amides is 1. The number of likely N-dealkylation sites (tertiary alicyclic amines) is 1. The van der Waals surface area contributed by atoms with Crippen LogP contribution in [0.25, 0.3) is 5.69 Å². The Morgan fingerprint density at radius 2 is 1.74 bits per heavy atom. The average Bonchev–Trinajstić information content (AvgIpc) is 2.95. The first-order chi connectivity index (χ1) is 13.1. The Bertz CT molecular complexity index is 780. The van der Waals surface area contributed by atoms with Crippen molar-refractivity contribution < 1.29 is 19.1 Å². The molecule has 2 heterocycles. The lowest BCUT2D eigenvalue weighted by molar-refractivity contribution is -0.139. The second kappa shape index (κ2) is 8.70. The molecule has 7 nitrogen and oxygen atoms in total. The quantitative estimate of drug-likeness (QED) is 0.756. The Kier molecular flexibility index (Phi) is 6.11. The van der Waals surface area contributed by atoms with E-state index in [1.165, 1.54) is 7.11 Å². The fourth-order valence-electron chi connectivity index (χ4n) is 3.18. The molecule has 0 aliphatic carbocycles. The van der Waals surface area contributed by atoms with Crippen molar-refractivity contribution in [2.45, 2.75) is 38.7 Å². The van der Waals surface area contributed by atoms with E-state index in [0.717, 1.165) is 31.4 Å². The summed E-state index contributed by atoms with van der Waals surface area (Å²) in [6, 6.07) is 9.39. The van der Waals surface area contributed by atoms with Gasteiger partial charge in [-0.15, -0.1) is 0 Å². The molecule has 1 aromatic heterocycles. The summed E-state index contributed by atoms with van der Waals surface area (Å²) < 4.78 is 12.2. The highest BCUT2D eigenvalue weighted by molar-refractivity contribution is 5.93. The molecule has 0 N–H and O–H groups in total. The summed E-state index contributed by atoms with van der Waals surface area (Å²) in [5, 5.41) is 4.28. The molecule has 1 aliphatic rings. The summed E-state index contributed by atoms with van der Waals surface area (Å²) in [7, 11) is 1.47. The highest BCUT2D eigenvalue weighted by Crippen LogP contribution is 2.21. The first-order valence-corrected chi connectivity index (χ1v) is 9.29. The predicted octanol–water partition coefficient (Wildman–Crippen LogP) is 2.83. The van der Waals surface area contributed by atoms with Crippen molar-refractivity contribution in [2.24, 2.45) is 0 Å². The van der Waals surface area contributed by atoms with Gasteiger partial charge in [-0.2, -0.15) is 5.10 Å². The van der Waals surface area contributed by atoms with Crippen LogP contribution in [-0.2, 0) is 9.53 Å². The van der Waals surface area contributed by atoms with Crippen LogP contribution in [0.4, 0.5) is 0 Å². The van der Waals surface area contributed by atoms with Crippen LogP contribution in [0.3, 0.4) is 0 Å². The summed E-state index contributed by atoms with van der Waals surface area (Å²) in [6.45, 7) is 3.03. The molecule has 7 heteroatoms. The van der Waals surface area contributed by atoms with E-state index in [4.69, 9.17) is 9.47 Å². The van der Waals surface area contributed by atoms with Gasteiger partial charge >= 0.3 is 5.97 Å². The third-order valence-corrected chi connectivity index (χ3v) is 4.66. The van der Waals surface area contributed by atoms with E-state index in [-0.39, 0.29) is 11.6 Å². The number of nitrogens with zero attached hydrogens (tertiary/aromatic N) is 3. The molecule has 0 saturated carbocycles. The molecule has 0 radical (unpaired) electrons. The van der Waals surface area contributed by atoms with Gasteiger partial charge in [0.05, 0.1) is 19.0 Å². The monoisotopic (exact) mass is 371 g/mol. The maximum atomic E-state index is 12.6. The Labute approximate surface area is 158 Å². The SMILES string of the molecule is COc1cn(-c2ccccc2)nc1C(=O)O[C@H](C)C(=O)N1CCCCCC1. The number of carbonyl (C=O) groups is 2.